The van der Waals surface area contributed by atoms with Crippen molar-refractivity contribution in [3.8, 4) is 0 Å². The van der Waals surface area contributed by atoms with Gasteiger partial charge >= 0.3 is 0 Å². The zero-order chi connectivity index (χ0) is 12.1. The molecule has 1 rings (SSSR count). The number of alkyl halides is 1. The van der Waals surface area contributed by atoms with Crippen molar-refractivity contribution < 1.29 is 4.79 Å². The fourth-order valence-corrected chi connectivity index (χ4v) is 1.88. The van der Waals surface area contributed by atoms with Gasteiger partial charge in [-0.05, 0) is 24.5 Å². The van der Waals surface area contributed by atoms with E-state index in [-0.39, 0.29) is 10.7 Å². The number of halogens is 1. The number of carbonyl (C=O) groups excluding carboxylic acids is 1. The summed E-state index contributed by atoms with van der Waals surface area (Å²) >= 11 is 3.38. The SMILES string of the molecule is CCC(Br)C(=O)N(C)Cc1ccccc1C. The van der Waals surface area contributed by atoms with Gasteiger partial charge in [-0.1, -0.05) is 47.1 Å². The second-order valence-electron chi connectivity index (χ2n) is 4.00. The van der Waals surface area contributed by atoms with Gasteiger partial charge in [0.1, 0.15) is 0 Å². The van der Waals surface area contributed by atoms with Gasteiger partial charge in [-0.2, -0.15) is 0 Å². The summed E-state index contributed by atoms with van der Waals surface area (Å²) in [5, 5.41) is 0. The van der Waals surface area contributed by atoms with Crippen molar-refractivity contribution in [2.75, 3.05) is 7.05 Å². The maximum atomic E-state index is 11.9. The average Bonchev–Trinajstić information content (AvgIpc) is 2.30. The van der Waals surface area contributed by atoms with Crippen LogP contribution in [0.4, 0.5) is 0 Å². The number of amides is 1. The van der Waals surface area contributed by atoms with E-state index in [0.717, 1.165) is 6.42 Å². The normalized spacial score (nSPS) is 12.2. The molecule has 0 bridgehead atoms. The molecular formula is C13H18BrNO. The summed E-state index contributed by atoms with van der Waals surface area (Å²) in [5.74, 6) is 0.144. The van der Waals surface area contributed by atoms with Gasteiger partial charge < -0.3 is 4.90 Å². The molecule has 0 saturated carbocycles. The van der Waals surface area contributed by atoms with E-state index in [2.05, 4.69) is 35.0 Å². The van der Waals surface area contributed by atoms with Crippen LogP contribution < -0.4 is 0 Å². The topological polar surface area (TPSA) is 20.3 Å². The predicted octanol–water partition coefficient (Wildman–Crippen LogP) is 3.13. The Hall–Kier alpha value is -0.830. The van der Waals surface area contributed by atoms with Gasteiger partial charge in [-0.3, -0.25) is 4.79 Å². The van der Waals surface area contributed by atoms with Crippen LogP contribution in [-0.2, 0) is 11.3 Å². The molecule has 1 aromatic carbocycles. The van der Waals surface area contributed by atoms with Crippen molar-refractivity contribution in [3.63, 3.8) is 0 Å². The van der Waals surface area contributed by atoms with Crippen LogP contribution in [0, 0.1) is 6.92 Å². The zero-order valence-corrected chi connectivity index (χ0v) is 11.6. The Morgan fingerprint density at radius 2 is 2.06 bits per heavy atom. The Labute approximate surface area is 106 Å². The molecule has 0 saturated heterocycles. The third kappa shape index (κ3) is 3.34. The van der Waals surface area contributed by atoms with Gasteiger partial charge in [0, 0.05) is 13.6 Å². The molecule has 1 aromatic rings. The number of rotatable bonds is 4. The van der Waals surface area contributed by atoms with Crippen molar-refractivity contribution in [1.29, 1.82) is 0 Å². The summed E-state index contributed by atoms with van der Waals surface area (Å²) in [6.07, 6.45) is 0.816. The Kier molecular flexibility index (Phi) is 5.00. The molecule has 0 N–H and O–H groups in total. The number of nitrogens with zero attached hydrogens (tertiary/aromatic N) is 1. The molecule has 3 heteroatoms. The molecule has 2 nitrogen and oxygen atoms in total. The average molecular weight is 284 g/mol. The summed E-state index contributed by atoms with van der Waals surface area (Å²) in [6, 6.07) is 8.15. The van der Waals surface area contributed by atoms with Crippen molar-refractivity contribution in [3.05, 3.63) is 35.4 Å². The van der Waals surface area contributed by atoms with E-state index >= 15 is 0 Å². The van der Waals surface area contributed by atoms with Gasteiger partial charge in [0.2, 0.25) is 5.91 Å². The minimum atomic E-state index is -0.0680. The van der Waals surface area contributed by atoms with E-state index in [9.17, 15) is 4.79 Å². The standard InChI is InChI=1S/C13H18BrNO/c1-4-12(14)13(16)15(3)9-11-8-6-5-7-10(11)2/h5-8,12H,4,9H2,1-3H3. The number of hydrogen-bond acceptors (Lipinski definition) is 1. The molecule has 0 aliphatic carbocycles. The highest BCUT2D eigenvalue weighted by atomic mass is 79.9. The third-order valence-electron chi connectivity index (χ3n) is 2.67. The first kappa shape index (κ1) is 13.2. The fourth-order valence-electron chi connectivity index (χ4n) is 1.53. The zero-order valence-electron chi connectivity index (χ0n) is 10.0. The van der Waals surface area contributed by atoms with Crippen LogP contribution in [0.5, 0.6) is 0 Å². The molecule has 16 heavy (non-hydrogen) atoms. The van der Waals surface area contributed by atoms with Crippen LogP contribution in [-0.4, -0.2) is 22.7 Å². The first-order chi connectivity index (χ1) is 7.56. The lowest BCUT2D eigenvalue weighted by atomic mass is 10.1. The van der Waals surface area contributed by atoms with E-state index in [1.807, 2.05) is 26.1 Å². The lowest BCUT2D eigenvalue weighted by Gasteiger charge is -2.20. The number of aryl methyl sites for hydroxylation is 1. The quantitative estimate of drug-likeness (QED) is 0.778. The Bertz CT molecular complexity index is 365. The molecular weight excluding hydrogens is 266 g/mol. The van der Waals surface area contributed by atoms with Crippen LogP contribution in [0.3, 0.4) is 0 Å². The largest absolute Gasteiger partial charge is 0.340 e. The molecule has 0 aliphatic heterocycles. The van der Waals surface area contributed by atoms with Crippen molar-refractivity contribution in [2.45, 2.75) is 31.6 Å². The highest BCUT2D eigenvalue weighted by molar-refractivity contribution is 9.10. The maximum Gasteiger partial charge on any atom is 0.236 e. The van der Waals surface area contributed by atoms with Crippen molar-refractivity contribution >= 4 is 21.8 Å². The molecule has 1 unspecified atom stereocenters. The fraction of sp³-hybridized carbons (Fsp3) is 0.462. The number of benzene rings is 1. The van der Waals surface area contributed by atoms with E-state index in [0.29, 0.717) is 6.54 Å². The molecule has 0 spiro atoms. The number of carbonyl (C=O) groups is 1. The summed E-state index contributed by atoms with van der Waals surface area (Å²) in [7, 11) is 1.85. The molecule has 0 heterocycles. The second-order valence-corrected chi connectivity index (χ2v) is 5.10. The summed E-state index contributed by atoms with van der Waals surface area (Å²) in [6.45, 7) is 4.74. The van der Waals surface area contributed by atoms with Crippen LogP contribution >= 0.6 is 15.9 Å². The molecule has 0 aliphatic rings. The van der Waals surface area contributed by atoms with Crippen molar-refractivity contribution in [1.82, 2.24) is 4.90 Å². The minimum absolute atomic E-state index is 0.0680. The van der Waals surface area contributed by atoms with Gasteiger partial charge in [0.25, 0.3) is 0 Å². The van der Waals surface area contributed by atoms with Crippen LogP contribution in [0.25, 0.3) is 0 Å². The van der Waals surface area contributed by atoms with Gasteiger partial charge in [0.05, 0.1) is 4.83 Å². The monoisotopic (exact) mass is 283 g/mol. The van der Waals surface area contributed by atoms with Crippen LogP contribution in [0.15, 0.2) is 24.3 Å². The smallest absolute Gasteiger partial charge is 0.236 e. The van der Waals surface area contributed by atoms with Gasteiger partial charge in [-0.15, -0.1) is 0 Å². The molecule has 0 aromatic heterocycles. The van der Waals surface area contributed by atoms with E-state index in [4.69, 9.17) is 0 Å². The molecule has 1 atom stereocenters. The van der Waals surface area contributed by atoms with Crippen LogP contribution in [0.1, 0.15) is 24.5 Å². The van der Waals surface area contributed by atoms with Gasteiger partial charge in [-0.25, -0.2) is 0 Å². The van der Waals surface area contributed by atoms with Crippen LogP contribution in [0.2, 0.25) is 0 Å². The first-order valence-electron chi connectivity index (χ1n) is 5.49. The Morgan fingerprint density at radius 3 is 2.62 bits per heavy atom. The summed E-state index contributed by atoms with van der Waals surface area (Å²) < 4.78 is 0. The third-order valence-corrected chi connectivity index (χ3v) is 3.71. The summed E-state index contributed by atoms with van der Waals surface area (Å²) in [5.41, 5.74) is 2.43. The minimum Gasteiger partial charge on any atom is -0.340 e. The first-order valence-corrected chi connectivity index (χ1v) is 6.41. The maximum absolute atomic E-state index is 11.9. The highest BCUT2D eigenvalue weighted by Crippen LogP contribution is 2.13. The Balaban J connectivity index is 2.68. The number of hydrogen-bond donors (Lipinski definition) is 0. The molecule has 1 amide bonds. The summed E-state index contributed by atoms with van der Waals surface area (Å²) in [4.78, 5) is 13.6. The highest BCUT2D eigenvalue weighted by Gasteiger charge is 2.17. The van der Waals surface area contributed by atoms with E-state index < -0.39 is 0 Å². The molecule has 88 valence electrons. The molecule has 0 radical (unpaired) electrons. The lowest BCUT2D eigenvalue weighted by Crippen LogP contribution is -2.32. The van der Waals surface area contributed by atoms with Gasteiger partial charge in [0.15, 0.2) is 0 Å². The van der Waals surface area contributed by atoms with E-state index in [1.165, 1.54) is 11.1 Å². The predicted molar refractivity (Wildman–Crippen MR) is 70.7 cm³/mol. The van der Waals surface area contributed by atoms with Crippen molar-refractivity contribution in [2.24, 2.45) is 0 Å². The molecule has 0 fully saturated rings. The Morgan fingerprint density at radius 1 is 1.44 bits per heavy atom. The lowest BCUT2D eigenvalue weighted by molar-refractivity contribution is -0.129. The second kappa shape index (κ2) is 6.04. The van der Waals surface area contributed by atoms with E-state index in [1.54, 1.807) is 4.90 Å².